The molecular formula is C47H54ClN3O7. The van der Waals surface area contributed by atoms with Crippen molar-refractivity contribution in [2.75, 3.05) is 18.5 Å². The molecule has 1 spiro atoms. The molecule has 4 N–H and O–H groups in total. The van der Waals surface area contributed by atoms with E-state index in [0.29, 0.717) is 66.7 Å². The van der Waals surface area contributed by atoms with Crippen LogP contribution < -0.4 is 20.1 Å². The summed E-state index contributed by atoms with van der Waals surface area (Å²) >= 11 is 6.29. The first-order valence-corrected chi connectivity index (χ1v) is 21.1. The van der Waals surface area contributed by atoms with E-state index in [4.69, 9.17) is 21.1 Å². The van der Waals surface area contributed by atoms with Gasteiger partial charge in [-0.25, -0.2) is 9.59 Å². The first-order chi connectivity index (χ1) is 28.0. The number of aromatic nitrogens is 1. The summed E-state index contributed by atoms with van der Waals surface area (Å²) in [5.74, 6) is 0.248. The molecule has 10 nitrogen and oxygen atoms in total. The molecule has 0 aliphatic heterocycles. The highest BCUT2D eigenvalue weighted by atomic mass is 35.5. The van der Waals surface area contributed by atoms with Crippen LogP contribution in [0, 0.1) is 11.8 Å². The first-order valence-electron chi connectivity index (χ1n) is 20.7. The number of amides is 1. The van der Waals surface area contributed by atoms with Crippen molar-refractivity contribution in [2.45, 2.75) is 107 Å². The van der Waals surface area contributed by atoms with E-state index in [1.165, 1.54) is 16.7 Å². The van der Waals surface area contributed by atoms with Crippen LogP contribution in [0.15, 0.2) is 85.1 Å². The van der Waals surface area contributed by atoms with Gasteiger partial charge in [-0.15, -0.1) is 0 Å². The molecule has 1 aromatic heterocycles. The summed E-state index contributed by atoms with van der Waals surface area (Å²) in [6, 6.07) is 23.0. The Kier molecular flexibility index (Phi) is 12.6. The summed E-state index contributed by atoms with van der Waals surface area (Å²) in [5, 5.41) is 26.9. The van der Waals surface area contributed by atoms with Crippen molar-refractivity contribution in [3.8, 4) is 11.5 Å². The van der Waals surface area contributed by atoms with Gasteiger partial charge in [0.2, 0.25) is 5.91 Å². The maximum absolute atomic E-state index is 13.0. The van der Waals surface area contributed by atoms with E-state index >= 15 is 0 Å². The fourth-order valence-electron chi connectivity index (χ4n) is 9.76. The molecule has 0 bridgehead atoms. The third kappa shape index (κ3) is 8.97. The molecule has 306 valence electrons. The lowest BCUT2D eigenvalue weighted by Gasteiger charge is -2.47. The number of rotatable bonds is 16. The van der Waals surface area contributed by atoms with Crippen LogP contribution >= 0.6 is 11.6 Å². The second-order valence-electron chi connectivity index (χ2n) is 16.7. The Balaban J connectivity index is 1.05. The van der Waals surface area contributed by atoms with Crippen LogP contribution in [0.5, 0.6) is 11.5 Å². The Morgan fingerprint density at radius 1 is 0.966 bits per heavy atom. The number of carbonyl (C=O) groups is 3. The summed E-state index contributed by atoms with van der Waals surface area (Å²) in [4.78, 5) is 42.3. The van der Waals surface area contributed by atoms with Crippen LogP contribution in [0.25, 0.3) is 0 Å². The summed E-state index contributed by atoms with van der Waals surface area (Å²) in [5.41, 5.74) is 4.68. The van der Waals surface area contributed by atoms with Crippen LogP contribution in [0.4, 0.5) is 5.69 Å². The quantitative estimate of drug-likeness (QED) is 0.0814. The Bertz CT molecular complexity index is 2100. The van der Waals surface area contributed by atoms with Crippen LogP contribution in [0.2, 0.25) is 5.02 Å². The van der Waals surface area contributed by atoms with E-state index in [9.17, 15) is 24.6 Å². The van der Waals surface area contributed by atoms with Gasteiger partial charge in [-0.05, 0) is 140 Å². The Labute approximate surface area is 345 Å². The number of carboxylic acid groups (broad SMARTS) is 2. The third-order valence-electron chi connectivity index (χ3n) is 12.8. The average molecular weight is 808 g/mol. The summed E-state index contributed by atoms with van der Waals surface area (Å²) in [6.07, 6.45) is 9.72. The minimum atomic E-state index is -1.13. The molecule has 4 atom stereocenters. The molecule has 0 saturated heterocycles. The molecule has 0 unspecified atom stereocenters. The Morgan fingerprint density at radius 2 is 1.76 bits per heavy atom. The largest absolute Gasteiger partial charge is 0.494 e. The van der Waals surface area contributed by atoms with Gasteiger partial charge in [-0.1, -0.05) is 67.9 Å². The van der Waals surface area contributed by atoms with Crippen molar-refractivity contribution in [2.24, 2.45) is 11.8 Å². The molecular weight excluding hydrogens is 754 g/mol. The lowest BCUT2D eigenvalue weighted by atomic mass is 9.59. The summed E-state index contributed by atoms with van der Waals surface area (Å²) < 4.78 is 12.8. The second kappa shape index (κ2) is 17.8. The molecule has 1 heterocycles. The number of nitrogens with one attached hydrogen (secondary N) is 2. The minimum absolute atomic E-state index is 0.117. The second-order valence-corrected chi connectivity index (χ2v) is 17.2. The van der Waals surface area contributed by atoms with Crippen molar-refractivity contribution in [1.29, 1.82) is 0 Å². The number of anilines is 1. The number of carboxylic acids is 2. The van der Waals surface area contributed by atoms with Gasteiger partial charge in [0.15, 0.2) is 6.04 Å². The molecule has 58 heavy (non-hydrogen) atoms. The number of aliphatic carboxylic acids is 2. The number of pyridine rings is 1. The van der Waals surface area contributed by atoms with Gasteiger partial charge in [0, 0.05) is 34.6 Å². The first kappa shape index (κ1) is 41.1. The van der Waals surface area contributed by atoms with Gasteiger partial charge >= 0.3 is 11.9 Å². The van der Waals surface area contributed by atoms with Crippen molar-refractivity contribution < 1.29 is 34.1 Å². The molecule has 3 aliphatic rings. The number of fused-ring (bicyclic) bond motifs is 3. The van der Waals surface area contributed by atoms with E-state index in [2.05, 4.69) is 41.6 Å². The maximum Gasteiger partial charge on any atom is 0.330 e. The van der Waals surface area contributed by atoms with E-state index in [-0.39, 0.29) is 36.2 Å². The highest BCUT2D eigenvalue weighted by Crippen LogP contribution is 2.57. The SMILES string of the molecule is C[C@@H](COc1ccnc2c1[C@H](C)CCC2)C[C@H]1Cc2ccc(OCCCC(=O)N[C@H](C(=O)O)c3ccccc3)cc2C12CCC(Nc1cccc(Cl)c1)(C(=O)O)CC2. The lowest BCUT2D eigenvalue weighted by Crippen LogP contribution is -2.53. The van der Waals surface area contributed by atoms with Crippen molar-refractivity contribution in [3.05, 3.63) is 118 Å². The number of ether oxygens (including phenoxy) is 2. The van der Waals surface area contributed by atoms with Gasteiger partial charge in [0.25, 0.3) is 0 Å². The number of carbonyl (C=O) groups excluding carboxylic acids is 1. The number of hydrogen-bond donors (Lipinski definition) is 4. The van der Waals surface area contributed by atoms with Gasteiger partial charge in [0.05, 0.1) is 13.2 Å². The Morgan fingerprint density at radius 3 is 2.50 bits per heavy atom. The van der Waals surface area contributed by atoms with Gasteiger partial charge < -0.3 is 30.3 Å². The zero-order chi connectivity index (χ0) is 40.9. The van der Waals surface area contributed by atoms with E-state index in [1.54, 1.807) is 42.5 Å². The standard InChI is InChI=1S/C47H54ClN3O7/c1-30(29-58-40-18-23-49-39-14-6-9-31(2)42(39)40)25-34-26-33-16-17-37(57-24-8-15-41(52)50-43(44(53)54)32-10-4-3-5-11-32)28-38(33)46(34)19-21-47(22-20-46,45(55)56)51-36-13-7-12-35(48)27-36/h3-5,7,10-13,16-18,23,27-28,30-31,34,43,51H,6,8-9,14-15,19-22,24-26,29H2,1-2H3,(H,50,52)(H,53,54)(H,55,56)/t30-,31-,34+,43+,46?,47?/m1/s1. The van der Waals surface area contributed by atoms with E-state index in [1.807, 2.05) is 30.5 Å². The van der Waals surface area contributed by atoms with Gasteiger partial charge in [-0.3, -0.25) is 9.78 Å². The summed E-state index contributed by atoms with van der Waals surface area (Å²) in [6.45, 7) is 5.38. The van der Waals surface area contributed by atoms with Crippen molar-refractivity contribution in [3.63, 3.8) is 0 Å². The third-order valence-corrected chi connectivity index (χ3v) is 13.0. The zero-order valence-corrected chi connectivity index (χ0v) is 34.1. The van der Waals surface area contributed by atoms with Gasteiger partial charge in [0.1, 0.15) is 17.0 Å². The normalized spacial score (nSPS) is 23.2. The van der Waals surface area contributed by atoms with E-state index < -0.39 is 23.5 Å². The molecule has 3 aliphatic carbocycles. The predicted molar refractivity (Wildman–Crippen MR) is 224 cm³/mol. The van der Waals surface area contributed by atoms with E-state index in [0.717, 1.165) is 43.5 Å². The van der Waals surface area contributed by atoms with Crippen LogP contribution in [0.3, 0.4) is 0 Å². The van der Waals surface area contributed by atoms with Gasteiger partial charge in [-0.2, -0.15) is 0 Å². The molecule has 3 aromatic carbocycles. The topological polar surface area (TPSA) is 147 Å². The molecule has 1 amide bonds. The fraction of sp³-hybridized carbons (Fsp3) is 0.447. The maximum atomic E-state index is 13.0. The van der Waals surface area contributed by atoms with Crippen LogP contribution in [-0.4, -0.2) is 51.8 Å². The average Bonchev–Trinajstić information content (AvgIpc) is 3.49. The molecule has 1 saturated carbocycles. The van der Waals surface area contributed by atoms with Crippen LogP contribution in [-0.2, 0) is 32.6 Å². The molecule has 7 rings (SSSR count). The fourth-order valence-corrected chi connectivity index (χ4v) is 9.95. The monoisotopic (exact) mass is 807 g/mol. The van der Waals surface area contributed by atoms with Crippen molar-refractivity contribution >= 4 is 35.1 Å². The molecule has 4 aromatic rings. The Hall–Kier alpha value is -5.09. The highest BCUT2D eigenvalue weighted by molar-refractivity contribution is 6.30. The molecule has 1 fully saturated rings. The number of aryl methyl sites for hydroxylation is 1. The zero-order valence-electron chi connectivity index (χ0n) is 33.3. The van der Waals surface area contributed by atoms with Crippen LogP contribution in [0.1, 0.15) is 112 Å². The highest BCUT2D eigenvalue weighted by Gasteiger charge is 2.54. The molecule has 0 radical (unpaired) electrons. The smallest absolute Gasteiger partial charge is 0.330 e. The number of halogens is 1. The number of hydrogen-bond acceptors (Lipinski definition) is 7. The predicted octanol–water partition coefficient (Wildman–Crippen LogP) is 9.30. The van der Waals surface area contributed by atoms with Crippen molar-refractivity contribution in [1.82, 2.24) is 10.3 Å². The lowest BCUT2D eigenvalue weighted by molar-refractivity contribution is -0.144. The number of benzene rings is 3. The number of nitrogens with zero attached hydrogens (tertiary/aromatic N) is 1. The molecule has 11 heteroatoms. The summed E-state index contributed by atoms with van der Waals surface area (Å²) in [7, 11) is 0. The minimum Gasteiger partial charge on any atom is -0.494 e.